The first-order valence-electron chi connectivity index (χ1n) is 10.3. The van der Waals surface area contributed by atoms with Crippen LogP contribution in [0, 0.1) is 6.92 Å². The second-order valence-electron chi connectivity index (χ2n) is 7.52. The standard InChI is InChI=1S/C24H21N3O3S2/c1-15-2-5-19(6-3-15)30-12-23-25-18(13-31-23)11-22(28)27-24-26-20(14-32-24)16-4-7-21-17(10-16)8-9-29-21/h2-7,10,13-14H,8-9,11-12H2,1H3,(H,26,27,28). The minimum Gasteiger partial charge on any atom is -0.493 e. The zero-order chi connectivity index (χ0) is 21.9. The normalized spacial score (nSPS) is 12.3. The summed E-state index contributed by atoms with van der Waals surface area (Å²) >= 11 is 2.91. The smallest absolute Gasteiger partial charge is 0.232 e. The molecular formula is C24H21N3O3S2. The molecule has 0 atom stereocenters. The van der Waals surface area contributed by atoms with Gasteiger partial charge in [-0.3, -0.25) is 4.79 Å². The number of ether oxygens (including phenoxy) is 2. The topological polar surface area (TPSA) is 73.3 Å². The molecule has 1 aliphatic rings. The van der Waals surface area contributed by atoms with Crippen molar-refractivity contribution in [3.05, 3.63) is 75.1 Å². The Labute approximate surface area is 193 Å². The highest BCUT2D eigenvalue weighted by atomic mass is 32.1. The van der Waals surface area contributed by atoms with Gasteiger partial charge in [-0.15, -0.1) is 22.7 Å². The largest absolute Gasteiger partial charge is 0.493 e. The molecule has 0 saturated heterocycles. The average molecular weight is 464 g/mol. The van der Waals surface area contributed by atoms with Gasteiger partial charge in [-0.2, -0.15) is 0 Å². The maximum Gasteiger partial charge on any atom is 0.232 e. The number of carbonyl (C=O) groups is 1. The van der Waals surface area contributed by atoms with E-state index < -0.39 is 0 Å². The van der Waals surface area contributed by atoms with Gasteiger partial charge in [-0.1, -0.05) is 17.7 Å². The summed E-state index contributed by atoms with van der Waals surface area (Å²) < 4.78 is 11.3. The molecular weight excluding hydrogens is 442 g/mol. The summed E-state index contributed by atoms with van der Waals surface area (Å²) in [6.07, 6.45) is 1.12. The molecule has 0 spiro atoms. The summed E-state index contributed by atoms with van der Waals surface area (Å²) in [5.74, 6) is 1.62. The quantitative estimate of drug-likeness (QED) is 0.404. The number of thiazole rings is 2. The lowest BCUT2D eigenvalue weighted by atomic mass is 10.1. The van der Waals surface area contributed by atoms with Gasteiger partial charge in [0.15, 0.2) is 5.13 Å². The Kier molecular flexibility index (Phi) is 5.87. The van der Waals surface area contributed by atoms with E-state index in [0.717, 1.165) is 46.5 Å². The van der Waals surface area contributed by atoms with Crippen LogP contribution in [0.5, 0.6) is 11.5 Å². The van der Waals surface area contributed by atoms with E-state index in [1.165, 1.54) is 33.8 Å². The highest BCUT2D eigenvalue weighted by Crippen LogP contribution is 2.32. The third kappa shape index (κ3) is 4.81. The number of benzene rings is 2. The summed E-state index contributed by atoms with van der Waals surface area (Å²) in [6.45, 7) is 3.15. The predicted octanol–water partition coefficient (Wildman–Crippen LogP) is 5.27. The molecule has 0 saturated carbocycles. The Morgan fingerprint density at radius 3 is 2.88 bits per heavy atom. The van der Waals surface area contributed by atoms with Gasteiger partial charge in [0.25, 0.3) is 0 Å². The number of carbonyl (C=O) groups excluding carboxylic acids is 1. The van der Waals surface area contributed by atoms with Gasteiger partial charge in [0, 0.05) is 22.7 Å². The Bertz CT molecular complexity index is 1250. The minimum absolute atomic E-state index is 0.135. The molecule has 32 heavy (non-hydrogen) atoms. The van der Waals surface area contributed by atoms with Crippen molar-refractivity contribution < 1.29 is 14.3 Å². The zero-order valence-corrected chi connectivity index (χ0v) is 19.1. The van der Waals surface area contributed by atoms with Crippen molar-refractivity contribution in [3.8, 4) is 22.8 Å². The van der Waals surface area contributed by atoms with E-state index in [4.69, 9.17) is 9.47 Å². The number of hydrogen-bond acceptors (Lipinski definition) is 7. The Morgan fingerprint density at radius 2 is 2.00 bits per heavy atom. The Balaban J connectivity index is 1.16. The van der Waals surface area contributed by atoms with Crippen LogP contribution < -0.4 is 14.8 Å². The van der Waals surface area contributed by atoms with Crippen molar-refractivity contribution in [2.45, 2.75) is 26.4 Å². The van der Waals surface area contributed by atoms with E-state index in [0.29, 0.717) is 11.7 Å². The number of anilines is 1. The molecule has 162 valence electrons. The first-order chi connectivity index (χ1) is 15.6. The van der Waals surface area contributed by atoms with Gasteiger partial charge < -0.3 is 14.8 Å². The van der Waals surface area contributed by atoms with Crippen molar-refractivity contribution in [1.29, 1.82) is 0 Å². The lowest BCUT2D eigenvalue weighted by molar-refractivity contribution is -0.115. The highest BCUT2D eigenvalue weighted by molar-refractivity contribution is 7.14. The Morgan fingerprint density at radius 1 is 1.12 bits per heavy atom. The van der Waals surface area contributed by atoms with E-state index in [2.05, 4.69) is 21.4 Å². The van der Waals surface area contributed by atoms with E-state index in [-0.39, 0.29) is 12.3 Å². The number of hydrogen-bond donors (Lipinski definition) is 1. The summed E-state index contributed by atoms with van der Waals surface area (Å²) in [6, 6.07) is 14.0. The number of nitrogens with zero attached hydrogens (tertiary/aromatic N) is 2. The van der Waals surface area contributed by atoms with Crippen LogP contribution in [0.3, 0.4) is 0 Å². The first kappa shape index (κ1) is 20.7. The number of rotatable bonds is 7. The van der Waals surface area contributed by atoms with Crippen molar-refractivity contribution in [3.63, 3.8) is 0 Å². The van der Waals surface area contributed by atoms with Crippen LogP contribution in [0.1, 0.15) is 21.8 Å². The van der Waals surface area contributed by atoms with Gasteiger partial charge >= 0.3 is 0 Å². The predicted molar refractivity (Wildman–Crippen MR) is 127 cm³/mol. The number of nitrogens with one attached hydrogen (secondary N) is 1. The van der Waals surface area contributed by atoms with E-state index in [1.807, 2.05) is 54.1 Å². The van der Waals surface area contributed by atoms with Gasteiger partial charge in [0.05, 0.1) is 24.4 Å². The van der Waals surface area contributed by atoms with Gasteiger partial charge in [0.2, 0.25) is 5.91 Å². The summed E-state index contributed by atoms with van der Waals surface area (Å²) in [5.41, 5.74) is 5.00. The molecule has 5 rings (SSSR count). The molecule has 0 bridgehead atoms. The maximum atomic E-state index is 12.5. The molecule has 6 nitrogen and oxygen atoms in total. The summed E-state index contributed by atoms with van der Waals surface area (Å²) in [4.78, 5) is 21.6. The molecule has 1 amide bonds. The second-order valence-corrected chi connectivity index (χ2v) is 9.32. The van der Waals surface area contributed by atoms with Crippen molar-refractivity contribution in [2.75, 3.05) is 11.9 Å². The molecule has 1 N–H and O–H groups in total. The highest BCUT2D eigenvalue weighted by Gasteiger charge is 2.15. The van der Waals surface area contributed by atoms with Gasteiger partial charge in [-0.25, -0.2) is 9.97 Å². The SMILES string of the molecule is Cc1ccc(OCc2nc(CC(=O)Nc3nc(-c4ccc5c(c4)CCO5)cs3)cs2)cc1. The maximum absolute atomic E-state index is 12.5. The lowest BCUT2D eigenvalue weighted by Crippen LogP contribution is -2.14. The van der Waals surface area contributed by atoms with E-state index in [1.54, 1.807) is 0 Å². The second kappa shape index (κ2) is 9.10. The number of amides is 1. The summed E-state index contributed by atoms with van der Waals surface area (Å²) in [5, 5.41) is 8.16. The van der Waals surface area contributed by atoms with Crippen LogP contribution in [-0.4, -0.2) is 22.5 Å². The molecule has 1 aliphatic heterocycles. The first-order valence-corrected chi connectivity index (χ1v) is 12.0. The molecule has 8 heteroatoms. The lowest BCUT2D eigenvalue weighted by Gasteiger charge is -2.04. The molecule has 0 aliphatic carbocycles. The van der Waals surface area contributed by atoms with Gasteiger partial charge in [-0.05, 0) is 42.8 Å². The van der Waals surface area contributed by atoms with Crippen LogP contribution in [0.15, 0.2) is 53.2 Å². The third-order valence-corrected chi connectivity index (χ3v) is 6.69. The van der Waals surface area contributed by atoms with Crippen LogP contribution in [0.2, 0.25) is 0 Å². The molecule has 3 heterocycles. The fraction of sp³-hybridized carbons (Fsp3) is 0.208. The molecule has 0 fully saturated rings. The number of aromatic nitrogens is 2. The number of fused-ring (bicyclic) bond motifs is 1. The minimum atomic E-state index is -0.135. The average Bonchev–Trinajstić information content (AvgIpc) is 3.54. The number of aryl methyl sites for hydroxylation is 1. The monoisotopic (exact) mass is 463 g/mol. The van der Waals surface area contributed by atoms with E-state index >= 15 is 0 Å². The third-order valence-electron chi connectivity index (χ3n) is 5.06. The van der Waals surface area contributed by atoms with Crippen molar-refractivity contribution in [1.82, 2.24) is 9.97 Å². The van der Waals surface area contributed by atoms with Crippen molar-refractivity contribution in [2.24, 2.45) is 0 Å². The van der Waals surface area contributed by atoms with Gasteiger partial charge in [0.1, 0.15) is 23.1 Å². The van der Waals surface area contributed by atoms with Crippen molar-refractivity contribution >= 4 is 33.7 Å². The van der Waals surface area contributed by atoms with E-state index in [9.17, 15) is 4.79 Å². The zero-order valence-electron chi connectivity index (χ0n) is 17.5. The molecule has 4 aromatic rings. The fourth-order valence-electron chi connectivity index (χ4n) is 3.41. The molecule has 2 aromatic heterocycles. The fourth-order valence-corrected chi connectivity index (χ4v) is 4.85. The van der Waals surface area contributed by atoms with Crippen LogP contribution in [-0.2, 0) is 24.2 Å². The van der Waals surface area contributed by atoms with Crippen LogP contribution in [0.4, 0.5) is 5.13 Å². The molecule has 0 unspecified atom stereocenters. The van der Waals surface area contributed by atoms with Crippen LogP contribution >= 0.6 is 22.7 Å². The molecule has 2 aromatic carbocycles. The van der Waals surface area contributed by atoms with Crippen LogP contribution in [0.25, 0.3) is 11.3 Å². The Hall–Kier alpha value is -3.23. The molecule has 0 radical (unpaired) electrons. The summed E-state index contributed by atoms with van der Waals surface area (Å²) in [7, 11) is 0.